The van der Waals surface area contributed by atoms with Gasteiger partial charge in [-0.25, -0.2) is 0 Å². The van der Waals surface area contributed by atoms with E-state index in [0.717, 1.165) is 0 Å². The van der Waals surface area contributed by atoms with Crippen molar-refractivity contribution in [2.75, 3.05) is 13.2 Å². The lowest BCUT2D eigenvalue weighted by Gasteiger charge is -2.08. The van der Waals surface area contributed by atoms with E-state index in [1.54, 1.807) is 18.2 Å². The van der Waals surface area contributed by atoms with Crippen molar-refractivity contribution in [3.05, 3.63) is 39.9 Å². The van der Waals surface area contributed by atoms with Crippen molar-refractivity contribution >= 4 is 5.69 Å². The number of hydrogen-bond acceptors (Lipinski definition) is 4. The highest BCUT2D eigenvalue weighted by atomic mass is 16.7. The third-order valence-corrected chi connectivity index (χ3v) is 2.01. The molecule has 5 heteroatoms. The van der Waals surface area contributed by atoms with Crippen LogP contribution in [0, 0.1) is 10.1 Å². The van der Waals surface area contributed by atoms with Crippen LogP contribution in [0.25, 0.3) is 0 Å². The monoisotopic (exact) mass is 195 g/mol. The van der Waals surface area contributed by atoms with Crippen LogP contribution in [0.15, 0.2) is 24.3 Å². The summed E-state index contributed by atoms with van der Waals surface area (Å²) in [7, 11) is 0. The topological polar surface area (TPSA) is 61.6 Å². The predicted molar refractivity (Wildman–Crippen MR) is 47.7 cm³/mol. The number of ether oxygens (including phenoxy) is 2. The van der Waals surface area contributed by atoms with Crippen molar-refractivity contribution in [2.45, 2.75) is 6.29 Å². The molecule has 0 radical (unpaired) electrons. The summed E-state index contributed by atoms with van der Waals surface area (Å²) in [5, 5.41) is 10.7. The molecule has 74 valence electrons. The van der Waals surface area contributed by atoms with Gasteiger partial charge in [-0.1, -0.05) is 12.1 Å². The Bertz CT molecular complexity index is 346. The van der Waals surface area contributed by atoms with Crippen LogP contribution < -0.4 is 0 Å². The van der Waals surface area contributed by atoms with Crippen LogP contribution in [0.4, 0.5) is 5.69 Å². The summed E-state index contributed by atoms with van der Waals surface area (Å²) in [6.07, 6.45) is -0.586. The Morgan fingerprint density at radius 3 is 2.57 bits per heavy atom. The van der Waals surface area contributed by atoms with Crippen molar-refractivity contribution in [1.29, 1.82) is 0 Å². The summed E-state index contributed by atoms with van der Waals surface area (Å²) >= 11 is 0. The molecule has 1 aromatic carbocycles. The van der Waals surface area contributed by atoms with Crippen LogP contribution in [0.3, 0.4) is 0 Å². The minimum Gasteiger partial charge on any atom is -0.346 e. The van der Waals surface area contributed by atoms with Crippen molar-refractivity contribution in [3.8, 4) is 0 Å². The number of hydrogen-bond donors (Lipinski definition) is 0. The zero-order chi connectivity index (χ0) is 9.97. The van der Waals surface area contributed by atoms with Gasteiger partial charge in [-0.15, -0.1) is 0 Å². The molecule has 1 aliphatic rings. The second kappa shape index (κ2) is 3.73. The van der Waals surface area contributed by atoms with Gasteiger partial charge in [0.25, 0.3) is 5.69 Å². The van der Waals surface area contributed by atoms with Gasteiger partial charge in [0.15, 0.2) is 6.29 Å². The largest absolute Gasteiger partial charge is 0.346 e. The standard InChI is InChI=1S/C9H9NO4/c11-10(12)8-4-2-1-3-7(8)9-13-5-6-14-9/h1-4,9H,5-6H2. The highest BCUT2D eigenvalue weighted by Crippen LogP contribution is 2.30. The van der Waals surface area contributed by atoms with Gasteiger partial charge in [-0.05, 0) is 6.07 Å². The normalized spacial score (nSPS) is 17.1. The zero-order valence-electron chi connectivity index (χ0n) is 7.38. The third-order valence-electron chi connectivity index (χ3n) is 2.01. The minimum atomic E-state index is -0.586. The van der Waals surface area contributed by atoms with Gasteiger partial charge in [0.05, 0.1) is 23.7 Å². The molecule has 1 aromatic rings. The maximum atomic E-state index is 10.7. The van der Waals surface area contributed by atoms with Gasteiger partial charge in [0.2, 0.25) is 0 Å². The van der Waals surface area contributed by atoms with E-state index >= 15 is 0 Å². The van der Waals surface area contributed by atoms with Crippen molar-refractivity contribution in [3.63, 3.8) is 0 Å². The first-order valence-electron chi connectivity index (χ1n) is 4.25. The van der Waals surface area contributed by atoms with E-state index in [4.69, 9.17) is 9.47 Å². The molecule has 1 aliphatic heterocycles. The number of rotatable bonds is 2. The first kappa shape index (κ1) is 9.11. The Balaban J connectivity index is 2.35. The van der Waals surface area contributed by atoms with Crippen molar-refractivity contribution in [2.24, 2.45) is 0 Å². The molecule has 0 aromatic heterocycles. The number of para-hydroxylation sites is 1. The summed E-state index contributed by atoms with van der Waals surface area (Å²) in [5.41, 5.74) is 0.523. The van der Waals surface area contributed by atoms with Gasteiger partial charge >= 0.3 is 0 Å². The summed E-state index contributed by atoms with van der Waals surface area (Å²) in [4.78, 5) is 10.2. The molecule has 0 unspecified atom stereocenters. The minimum absolute atomic E-state index is 0.0411. The number of benzene rings is 1. The molecular weight excluding hydrogens is 186 g/mol. The summed E-state index contributed by atoms with van der Waals surface area (Å²) in [6.45, 7) is 0.966. The van der Waals surface area contributed by atoms with E-state index in [-0.39, 0.29) is 5.69 Å². The lowest BCUT2D eigenvalue weighted by molar-refractivity contribution is -0.386. The Labute approximate surface area is 80.4 Å². The maximum absolute atomic E-state index is 10.7. The quantitative estimate of drug-likeness (QED) is 0.531. The fourth-order valence-corrected chi connectivity index (χ4v) is 1.39. The van der Waals surface area contributed by atoms with E-state index in [0.29, 0.717) is 18.8 Å². The Morgan fingerprint density at radius 2 is 1.93 bits per heavy atom. The summed E-state index contributed by atoms with van der Waals surface area (Å²) < 4.78 is 10.4. The van der Waals surface area contributed by atoms with E-state index < -0.39 is 11.2 Å². The molecule has 14 heavy (non-hydrogen) atoms. The number of nitro groups is 1. The predicted octanol–water partition coefficient (Wildman–Crippen LogP) is 1.64. The highest BCUT2D eigenvalue weighted by Gasteiger charge is 2.25. The van der Waals surface area contributed by atoms with Gasteiger partial charge < -0.3 is 9.47 Å². The van der Waals surface area contributed by atoms with Crippen LogP contribution in [-0.2, 0) is 9.47 Å². The number of nitro benzene ring substituents is 1. The smallest absolute Gasteiger partial charge is 0.277 e. The Kier molecular flexibility index (Phi) is 2.43. The van der Waals surface area contributed by atoms with E-state index in [1.807, 2.05) is 0 Å². The van der Waals surface area contributed by atoms with Crippen LogP contribution in [0.1, 0.15) is 11.9 Å². The fraction of sp³-hybridized carbons (Fsp3) is 0.333. The van der Waals surface area contributed by atoms with Crippen LogP contribution in [0.5, 0.6) is 0 Å². The van der Waals surface area contributed by atoms with E-state index in [2.05, 4.69) is 0 Å². The summed E-state index contributed by atoms with van der Waals surface area (Å²) in [5.74, 6) is 0. The molecule has 0 atom stereocenters. The third kappa shape index (κ3) is 1.59. The molecule has 0 spiro atoms. The highest BCUT2D eigenvalue weighted by molar-refractivity contribution is 5.40. The van der Waals surface area contributed by atoms with Crippen molar-refractivity contribution < 1.29 is 14.4 Å². The molecule has 2 rings (SSSR count). The molecular formula is C9H9NO4. The van der Waals surface area contributed by atoms with Gasteiger partial charge in [0, 0.05) is 6.07 Å². The first-order valence-corrected chi connectivity index (χ1v) is 4.25. The molecule has 1 heterocycles. The number of nitrogens with zero attached hydrogens (tertiary/aromatic N) is 1. The molecule has 1 saturated heterocycles. The molecule has 0 saturated carbocycles. The lowest BCUT2D eigenvalue weighted by atomic mass is 10.2. The average Bonchev–Trinajstić information content (AvgIpc) is 2.70. The van der Waals surface area contributed by atoms with Crippen molar-refractivity contribution in [1.82, 2.24) is 0 Å². The average molecular weight is 195 g/mol. The second-order valence-corrected chi connectivity index (χ2v) is 2.89. The van der Waals surface area contributed by atoms with Crippen LogP contribution >= 0.6 is 0 Å². The van der Waals surface area contributed by atoms with E-state index in [1.165, 1.54) is 6.07 Å². The molecule has 0 aliphatic carbocycles. The van der Waals surface area contributed by atoms with Gasteiger partial charge in [0.1, 0.15) is 0 Å². The molecule has 0 N–H and O–H groups in total. The molecule has 5 nitrogen and oxygen atoms in total. The SMILES string of the molecule is O=[N+]([O-])c1ccccc1C1OCCO1. The Morgan fingerprint density at radius 1 is 1.29 bits per heavy atom. The second-order valence-electron chi connectivity index (χ2n) is 2.89. The summed E-state index contributed by atoms with van der Waals surface area (Å²) in [6, 6.07) is 6.44. The zero-order valence-corrected chi connectivity index (χ0v) is 7.38. The fourth-order valence-electron chi connectivity index (χ4n) is 1.39. The van der Waals surface area contributed by atoms with Gasteiger partial charge in [-0.3, -0.25) is 10.1 Å². The van der Waals surface area contributed by atoms with Crippen LogP contribution in [-0.4, -0.2) is 18.1 Å². The molecule has 0 amide bonds. The lowest BCUT2D eigenvalue weighted by Crippen LogP contribution is -2.02. The van der Waals surface area contributed by atoms with Crippen LogP contribution in [0.2, 0.25) is 0 Å². The first-order chi connectivity index (χ1) is 6.79. The maximum Gasteiger partial charge on any atom is 0.277 e. The molecule has 1 fully saturated rings. The van der Waals surface area contributed by atoms with Gasteiger partial charge in [-0.2, -0.15) is 0 Å². The van der Waals surface area contributed by atoms with E-state index in [9.17, 15) is 10.1 Å². The Hall–Kier alpha value is -1.46. The molecule has 0 bridgehead atoms.